The molecule has 94 valence electrons. The third-order valence-electron chi connectivity index (χ3n) is 2.17. The molecule has 0 atom stereocenters. The summed E-state index contributed by atoms with van der Waals surface area (Å²) in [5, 5.41) is 15.4. The molecule has 1 amide bonds. The maximum Gasteiger partial charge on any atom is 0.255 e. The fourth-order valence-corrected chi connectivity index (χ4v) is 1.36. The number of carbonyl (C=O) groups is 1. The first-order valence-corrected chi connectivity index (χ1v) is 5.12. The number of hydrogen-bond donors (Lipinski definition) is 2. The second-order valence-electron chi connectivity index (χ2n) is 3.58. The number of amides is 1. The average Bonchev–Trinajstić information content (AvgIpc) is 2.72. The fourth-order valence-electron chi connectivity index (χ4n) is 1.36. The molecule has 0 aliphatic heterocycles. The molecule has 0 saturated heterocycles. The smallest absolute Gasteiger partial charge is 0.255 e. The molecule has 6 nitrogen and oxygen atoms in total. The lowest BCUT2D eigenvalue weighted by atomic mass is 10.2. The molecule has 1 heterocycles. The van der Waals surface area contributed by atoms with Crippen molar-refractivity contribution in [1.82, 2.24) is 15.5 Å². The van der Waals surface area contributed by atoms with Gasteiger partial charge in [-0.3, -0.25) is 4.79 Å². The summed E-state index contributed by atoms with van der Waals surface area (Å²) in [5.74, 6) is -0.875. The van der Waals surface area contributed by atoms with Gasteiger partial charge in [-0.15, -0.1) is 0 Å². The molecule has 7 heteroatoms. The van der Waals surface area contributed by atoms with Crippen LogP contribution in [0.4, 0.5) is 4.39 Å². The van der Waals surface area contributed by atoms with Gasteiger partial charge in [0.05, 0.1) is 12.1 Å². The molecule has 2 N–H and O–H groups in total. The van der Waals surface area contributed by atoms with Crippen molar-refractivity contribution in [3.63, 3.8) is 0 Å². The van der Waals surface area contributed by atoms with Crippen LogP contribution in [0.1, 0.15) is 22.1 Å². The van der Waals surface area contributed by atoms with Crippen LogP contribution < -0.4 is 5.32 Å². The third kappa shape index (κ3) is 2.62. The molecular weight excluding hydrogens is 241 g/mol. The highest BCUT2D eigenvalue weighted by Gasteiger charge is 2.12. The molecule has 2 aromatic rings. The van der Waals surface area contributed by atoms with E-state index in [2.05, 4.69) is 15.5 Å². The van der Waals surface area contributed by atoms with Crippen molar-refractivity contribution >= 4 is 5.91 Å². The van der Waals surface area contributed by atoms with Crippen LogP contribution >= 0.6 is 0 Å². The van der Waals surface area contributed by atoms with Gasteiger partial charge in [-0.1, -0.05) is 5.16 Å². The number of aromatic nitrogens is 2. The van der Waals surface area contributed by atoms with E-state index in [1.54, 1.807) is 6.92 Å². The predicted octanol–water partition coefficient (Wildman–Crippen LogP) is 1.15. The Morgan fingerprint density at radius 1 is 1.56 bits per heavy atom. The number of nitrogens with zero attached hydrogens (tertiary/aromatic N) is 2. The summed E-state index contributed by atoms with van der Waals surface area (Å²) in [5.41, 5.74) is -0.0207. The van der Waals surface area contributed by atoms with Crippen LogP contribution in [0.15, 0.2) is 22.7 Å². The van der Waals surface area contributed by atoms with E-state index in [1.807, 2.05) is 0 Å². The summed E-state index contributed by atoms with van der Waals surface area (Å²) in [6, 6.07) is 3.15. The van der Waals surface area contributed by atoms with Crippen molar-refractivity contribution in [2.45, 2.75) is 13.5 Å². The molecule has 0 saturated carbocycles. The van der Waals surface area contributed by atoms with Gasteiger partial charge in [-0.25, -0.2) is 4.39 Å². The summed E-state index contributed by atoms with van der Waals surface area (Å²) in [7, 11) is 0. The number of nitrogens with one attached hydrogen (secondary N) is 1. The number of phenolic OH excluding ortho intramolecular Hbond substituents is 1. The van der Waals surface area contributed by atoms with E-state index in [1.165, 1.54) is 6.07 Å². The molecule has 1 aromatic carbocycles. The van der Waals surface area contributed by atoms with Crippen molar-refractivity contribution in [3.05, 3.63) is 41.3 Å². The van der Waals surface area contributed by atoms with E-state index in [-0.39, 0.29) is 18.0 Å². The van der Waals surface area contributed by atoms with E-state index in [4.69, 9.17) is 4.52 Å². The van der Waals surface area contributed by atoms with Gasteiger partial charge in [0.25, 0.3) is 5.91 Å². The monoisotopic (exact) mass is 251 g/mol. The van der Waals surface area contributed by atoms with Crippen LogP contribution in [0, 0.1) is 12.7 Å². The van der Waals surface area contributed by atoms with Crippen molar-refractivity contribution in [2.24, 2.45) is 0 Å². The van der Waals surface area contributed by atoms with Crippen LogP contribution in [-0.4, -0.2) is 21.2 Å². The van der Waals surface area contributed by atoms with Gasteiger partial charge in [0.15, 0.2) is 5.82 Å². The minimum absolute atomic E-state index is 0.0207. The maximum atomic E-state index is 12.7. The Hall–Kier alpha value is -2.44. The van der Waals surface area contributed by atoms with Crippen LogP contribution in [0.25, 0.3) is 0 Å². The Labute approximate surface area is 101 Å². The number of aryl methyl sites for hydroxylation is 1. The van der Waals surface area contributed by atoms with E-state index >= 15 is 0 Å². The number of benzene rings is 1. The number of phenols is 1. The first-order chi connectivity index (χ1) is 8.56. The van der Waals surface area contributed by atoms with Gasteiger partial charge in [-0.05, 0) is 19.1 Å². The first-order valence-electron chi connectivity index (χ1n) is 5.12. The molecule has 2 rings (SSSR count). The number of halogens is 1. The van der Waals surface area contributed by atoms with E-state index < -0.39 is 17.5 Å². The largest absolute Gasteiger partial charge is 0.507 e. The molecule has 0 radical (unpaired) electrons. The first kappa shape index (κ1) is 12.0. The predicted molar refractivity (Wildman–Crippen MR) is 58.3 cm³/mol. The van der Waals surface area contributed by atoms with Gasteiger partial charge in [0, 0.05) is 6.07 Å². The van der Waals surface area contributed by atoms with Gasteiger partial charge >= 0.3 is 0 Å². The second kappa shape index (κ2) is 4.82. The normalized spacial score (nSPS) is 10.3. The zero-order valence-corrected chi connectivity index (χ0v) is 9.48. The highest BCUT2D eigenvalue weighted by atomic mass is 19.1. The molecule has 0 spiro atoms. The summed E-state index contributed by atoms with van der Waals surface area (Å²) >= 11 is 0. The summed E-state index contributed by atoms with van der Waals surface area (Å²) < 4.78 is 17.5. The highest BCUT2D eigenvalue weighted by Crippen LogP contribution is 2.17. The summed E-state index contributed by atoms with van der Waals surface area (Å²) in [6.45, 7) is 1.69. The zero-order valence-electron chi connectivity index (χ0n) is 9.48. The number of carbonyl (C=O) groups excluding carboxylic acids is 1. The minimum Gasteiger partial charge on any atom is -0.507 e. The molecule has 0 bridgehead atoms. The lowest BCUT2D eigenvalue weighted by Gasteiger charge is -2.04. The van der Waals surface area contributed by atoms with Gasteiger partial charge in [0.1, 0.15) is 11.6 Å². The zero-order chi connectivity index (χ0) is 13.1. The lowest BCUT2D eigenvalue weighted by Crippen LogP contribution is -2.23. The SMILES string of the molecule is Cc1noc(CNC(=O)c2ccc(F)cc2O)n1. The van der Waals surface area contributed by atoms with Crippen molar-refractivity contribution < 1.29 is 18.8 Å². The van der Waals surface area contributed by atoms with Crippen molar-refractivity contribution in [3.8, 4) is 5.75 Å². The Morgan fingerprint density at radius 3 is 2.94 bits per heavy atom. The van der Waals surface area contributed by atoms with Crippen molar-refractivity contribution in [2.75, 3.05) is 0 Å². The number of rotatable bonds is 3. The lowest BCUT2D eigenvalue weighted by molar-refractivity contribution is 0.0943. The van der Waals surface area contributed by atoms with Crippen LogP contribution in [0.3, 0.4) is 0 Å². The molecule has 18 heavy (non-hydrogen) atoms. The summed E-state index contributed by atoms with van der Waals surface area (Å²) in [4.78, 5) is 15.6. The second-order valence-corrected chi connectivity index (χ2v) is 3.58. The van der Waals surface area contributed by atoms with E-state index in [0.29, 0.717) is 5.82 Å². The Bertz CT molecular complexity index is 583. The van der Waals surface area contributed by atoms with Gasteiger partial charge < -0.3 is 14.9 Å². The third-order valence-corrected chi connectivity index (χ3v) is 2.17. The van der Waals surface area contributed by atoms with E-state index in [0.717, 1.165) is 12.1 Å². The topological polar surface area (TPSA) is 88.2 Å². The van der Waals surface area contributed by atoms with Crippen molar-refractivity contribution in [1.29, 1.82) is 0 Å². The van der Waals surface area contributed by atoms with E-state index in [9.17, 15) is 14.3 Å². The maximum absolute atomic E-state index is 12.7. The fraction of sp³-hybridized carbons (Fsp3) is 0.182. The summed E-state index contributed by atoms with van der Waals surface area (Å²) in [6.07, 6.45) is 0. The number of hydrogen-bond acceptors (Lipinski definition) is 5. The molecule has 0 unspecified atom stereocenters. The standard InChI is InChI=1S/C11H10FN3O3/c1-6-14-10(18-15-6)5-13-11(17)8-3-2-7(12)4-9(8)16/h2-4,16H,5H2,1H3,(H,13,17). The number of aromatic hydroxyl groups is 1. The van der Waals surface area contributed by atoms with Crippen LogP contribution in [0.2, 0.25) is 0 Å². The Morgan fingerprint density at radius 2 is 2.33 bits per heavy atom. The molecular formula is C11H10FN3O3. The van der Waals surface area contributed by atoms with Gasteiger partial charge in [0.2, 0.25) is 5.89 Å². The minimum atomic E-state index is -0.614. The molecule has 1 aromatic heterocycles. The molecule has 0 fully saturated rings. The van der Waals surface area contributed by atoms with Gasteiger partial charge in [-0.2, -0.15) is 4.98 Å². The van der Waals surface area contributed by atoms with Crippen LogP contribution in [-0.2, 0) is 6.54 Å². The molecule has 0 aliphatic rings. The average molecular weight is 251 g/mol. The van der Waals surface area contributed by atoms with Crippen LogP contribution in [0.5, 0.6) is 5.75 Å². The Balaban J connectivity index is 2.03. The Kier molecular flexibility index (Phi) is 3.22. The molecule has 0 aliphatic carbocycles. The highest BCUT2D eigenvalue weighted by molar-refractivity contribution is 5.96. The quantitative estimate of drug-likeness (QED) is 0.854.